The Morgan fingerprint density at radius 1 is 1.27 bits per heavy atom. The van der Waals surface area contributed by atoms with E-state index in [4.69, 9.17) is 0 Å². The van der Waals surface area contributed by atoms with Crippen LogP contribution in [-0.2, 0) is 29.7 Å². The Morgan fingerprint density at radius 3 is 2.77 bits per heavy atom. The Kier molecular flexibility index (Phi) is 4.03. The summed E-state index contributed by atoms with van der Waals surface area (Å²) in [5.74, 6) is 0.498. The summed E-state index contributed by atoms with van der Waals surface area (Å²) in [4.78, 5) is 8.16. The van der Waals surface area contributed by atoms with Crippen LogP contribution in [0.2, 0.25) is 0 Å². The first-order valence-corrected chi connectivity index (χ1v) is 8.76. The molecule has 1 aliphatic rings. The summed E-state index contributed by atoms with van der Waals surface area (Å²) < 4.78 is 26.8. The molecule has 0 atom stereocenters. The fourth-order valence-corrected chi connectivity index (χ4v) is 3.16. The second kappa shape index (κ2) is 5.97. The number of aromatic nitrogens is 5. The van der Waals surface area contributed by atoms with Crippen LogP contribution in [0.5, 0.6) is 0 Å². The first-order valence-electron chi connectivity index (χ1n) is 6.91. The molecule has 2 aromatic rings. The molecule has 0 unspecified atom stereocenters. The van der Waals surface area contributed by atoms with Gasteiger partial charge in [-0.15, -0.1) is 5.10 Å². The highest BCUT2D eigenvalue weighted by Gasteiger charge is 2.25. The van der Waals surface area contributed by atoms with Crippen LogP contribution in [0.4, 0.5) is 5.95 Å². The van der Waals surface area contributed by atoms with Crippen molar-refractivity contribution in [3.63, 3.8) is 0 Å². The topological polar surface area (TPSA) is 106 Å². The lowest BCUT2D eigenvalue weighted by Gasteiger charge is -2.16. The molecule has 9 nitrogen and oxygen atoms in total. The van der Waals surface area contributed by atoms with Gasteiger partial charge in [0.2, 0.25) is 16.0 Å². The fourth-order valence-electron chi connectivity index (χ4n) is 2.34. The zero-order valence-corrected chi connectivity index (χ0v) is 13.0. The molecule has 0 radical (unpaired) electrons. The summed E-state index contributed by atoms with van der Waals surface area (Å²) in [7, 11) is -3.23. The second-order valence-corrected chi connectivity index (χ2v) is 7.06. The largest absolute Gasteiger partial charge is 0.348 e. The molecule has 2 aromatic heterocycles. The molecule has 0 saturated carbocycles. The fraction of sp³-hybridized carbons (Fsp3) is 0.500. The van der Waals surface area contributed by atoms with Crippen LogP contribution in [0.1, 0.15) is 17.8 Å². The van der Waals surface area contributed by atoms with Crippen molar-refractivity contribution in [3.05, 3.63) is 29.8 Å². The van der Waals surface area contributed by atoms with E-state index in [1.165, 1.54) is 10.6 Å². The van der Waals surface area contributed by atoms with Gasteiger partial charge in [0.25, 0.3) is 0 Å². The van der Waals surface area contributed by atoms with Gasteiger partial charge < -0.3 is 5.32 Å². The van der Waals surface area contributed by atoms with Crippen molar-refractivity contribution < 1.29 is 8.42 Å². The van der Waals surface area contributed by atoms with E-state index in [1.54, 1.807) is 23.1 Å². The maximum atomic E-state index is 11.8. The van der Waals surface area contributed by atoms with Crippen molar-refractivity contribution in [2.75, 3.05) is 18.1 Å². The molecule has 1 N–H and O–H groups in total. The zero-order chi connectivity index (χ0) is 15.6. The summed E-state index contributed by atoms with van der Waals surface area (Å²) in [6.45, 7) is 1.85. The third-order valence-electron chi connectivity index (χ3n) is 3.47. The summed E-state index contributed by atoms with van der Waals surface area (Å²) in [6, 6.07) is 1.74. The van der Waals surface area contributed by atoms with Gasteiger partial charge in [-0.2, -0.15) is 4.31 Å². The van der Waals surface area contributed by atoms with E-state index in [-0.39, 0.29) is 0 Å². The molecule has 0 bridgehead atoms. The van der Waals surface area contributed by atoms with Crippen LogP contribution < -0.4 is 5.32 Å². The Morgan fingerprint density at radius 2 is 2.05 bits per heavy atom. The normalized spacial score (nSPS) is 16.0. The Bertz CT molecular complexity index is 744. The first-order chi connectivity index (χ1) is 10.5. The molecular weight excluding hydrogens is 306 g/mol. The van der Waals surface area contributed by atoms with E-state index in [1.807, 2.05) is 0 Å². The van der Waals surface area contributed by atoms with Crippen LogP contribution in [0.3, 0.4) is 0 Å². The molecule has 3 heterocycles. The van der Waals surface area contributed by atoms with Crippen molar-refractivity contribution in [1.29, 1.82) is 0 Å². The highest BCUT2D eigenvalue weighted by molar-refractivity contribution is 7.88. The SMILES string of the molecule is CS(=O)(=O)N1CCCn2nnc(CNc3ncccn3)c2C1. The zero-order valence-electron chi connectivity index (χ0n) is 12.2. The Balaban J connectivity index is 1.79. The van der Waals surface area contributed by atoms with Gasteiger partial charge >= 0.3 is 0 Å². The van der Waals surface area contributed by atoms with Gasteiger partial charge in [0.05, 0.1) is 25.0 Å². The molecule has 0 amide bonds. The molecule has 0 saturated heterocycles. The lowest BCUT2D eigenvalue weighted by atomic mass is 10.3. The van der Waals surface area contributed by atoms with E-state index < -0.39 is 10.0 Å². The van der Waals surface area contributed by atoms with Gasteiger partial charge in [-0.3, -0.25) is 0 Å². The molecular formula is C12H17N7O2S. The highest BCUT2D eigenvalue weighted by Crippen LogP contribution is 2.17. The number of sulfonamides is 1. The van der Waals surface area contributed by atoms with Crippen LogP contribution in [-0.4, -0.2) is 50.5 Å². The predicted molar refractivity (Wildman–Crippen MR) is 79.3 cm³/mol. The number of aryl methyl sites for hydroxylation is 1. The Hall–Kier alpha value is -2.07. The van der Waals surface area contributed by atoms with E-state index in [9.17, 15) is 8.42 Å². The summed E-state index contributed by atoms with van der Waals surface area (Å²) >= 11 is 0. The quantitative estimate of drug-likeness (QED) is 0.833. The molecule has 22 heavy (non-hydrogen) atoms. The van der Waals surface area contributed by atoms with E-state index in [0.717, 1.165) is 12.1 Å². The minimum atomic E-state index is -3.23. The van der Waals surface area contributed by atoms with Crippen molar-refractivity contribution >= 4 is 16.0 Å². The number of anilines is 1. The predicted octanol–water partition coefficient (Wildman–Crippen LogP) is -0.155. The summed E-state index contributed by atoms with van der Waals surface area (Å²) in [5.41, 5.74) is 1.52. The lowest BCUT2D eigenvalue weighted by molar-refractivity contribution is 0.412. The van der Waals surface area contributed by atoms with Crippen LogP contribution in [0.25, 0.3) is 0 Å². The number of nitrogens with zero attached hydrogens (tertiary/aromatic N) is 6. The molecule has 118 valence electrons. The minimum absolute atomic E-state index is 0.290. The summed E-state index contributed by atoms with van der Waals surface area (Å²) in [5, 5.41) is 11.3. The molecule has 0 aromatic carbocycles. The van der Waals surface area contributed by atoms with E-state index in [2.05, 4.69) is 25.6 Å². The van der Waals surface area contributed by atoms with Crippen molar-refractivity contribution in [3.8, 4) is 0 Å². The van der Waals surface area contributed by atoms with Crippen LogP contribution in [0, 0.1) is 0 Å². The van der Waals surface area contributed by atoms with Gasteiger partial charge in [0.1, 0.15) is 5.69 Å². The van der Waals surface area contributed by atoms with E-state index >= 15 is 0 Å². The molecule has 10 heteroatoms. The molecule has 3 rings (SSSR count). The van der Waals surface area contributed by atoms with Crippen molar-refractivity contribution in [2.24, 2.45) is 0 Å². The monoisotopic (exact) mass is 323 g/mol. The summed E-state index contributed by atoms with van der Waals surface area (Å²) in [6.07, 6.45) is 5.24. The number of nitrogens with one attached hydrogen (secondary N) is 1. The second-order valence-electron chi connectivity index (χ2n) is 5.08. The number of hydrogen-bond donors (Lipinski definition) is 1. The van der Waals surface area contributed by atoms with Gasteiger partial charge in [0.15, 0.2) is 0 Å². The van der Waals surface area contributed by atoms with Gasteiger partial charge in [-0.05, 0) is 12.5 Å². The molecule has 1 aliphatic heterocycles. The lowest BCUT2D eigenvalue weighted by Crippen LogP contribution is -2.30. The van der Waals surface area contributed by atoms with Crippen molar-refractivity contribution in [2.45, 2.75) is 26.1 Å². The number of rotatable bonds is 4. The average molecular weight is 323 g/mol. The minimum Gasteiger partial charge on any atom is -0.348 e. The number of hydrogen-bond acceptors (Lipinski definition) is 7. The third kappa shape index (κ3) is 3.22. The van der Waals surface area contributed by atoms with E-state index in [0.29, 0.717) is 37.8 Å². The molecule has 0 fully saturated rings. The molecule has 0 aliphatic carbocycles. The highest BCUT2D eigenvalue weighted by atomic mass is 32.2. The van der Waals surface area contributed by atoms with Crippen molar-refractivity contribution in [1.82, 2.24) is 29.3 Å². The third-order valence-corrected chi connectivity index (χ3v) is 4.72. The maximum Gasteiger partial charge on any atom is 0.222 e. The Labute approximate surface area is 128 Å². The smallest absolute Gasteiger partial charge is 0.222 e. The number of fused-ring (bicyclic) bond motifs is 1. The van der Waals surface area contributed by atoms with Crippen LogP contribution in [0.15, 0.2) is 18.5 Å². The maximum absolute atomic E-state index is 11.8. The van der Waals surface area contributed by atoms with Gasteiger partial charge in [-0.25, -0.2) is 23.1 Å². The average Bonchev–Trinajstić information content (AvgIpc) is 2.73. The first kappa shape index (κ1) is 14.9. The molecule has 0 spiro atoms. The van der Waals surface area contributed by atoms with Gasteiger partial charge in [0, 0.05) is 25.5 Å². The van der Waals surface area contributed by atoms with Gasteiger partial charge in [-0.1, -0.05) is 5.21 Å². The standard InChI is InChI=1S/C12H17N7O2S/c1-22(20,21)18-6-3-7-19-11(9-18)10(16-17-19)8-15-12-13-4-2-5-14-12/h2,4-5H,3,6-9H2,1H3,(H,13,14,15). The van der Waals surface area contributed by atoms with Crippen LogP contribution >= 0.6 is 0 Å².